The zero-order valence-corrected chi connectivity index (χ0v) is 9.66. The fraction of sp³-hybridized carbons (Fsp3) is 0.273. The van der Waals surface area contributed by atoms with Crippen LogP contribution in [0.3, 0.4) is 0 Å². The number of alkyl halides is 1. The van der Waals surface area contributed by atoms with Gasteiger partial charge in [-0.25, -0.2) is 4.98 Å². The topological polar surface area (TPSA) is 41.7 Å². The van der Waals surface area contributed by atoms with E-state index in [4.69, 9.17) is 5.41 Å². The summed E-state index contributed by atoms with van der Waals surface area (Å²) in [5, 5.41) is 9.05. The third-order valence-electron chi connectivity index (χ3n) is 2.83. The average Bonchev–Trinajstić information content (AvgIpc) is 2.62. The lowest BCUT2D eigenvalue weighted by Gasteiger charge is -2.07. The van der Waals surface area contributed by atoms with Gasteiger partial charge in [-0.05, 0) is 18.6 Å². The van der Waals surface area contributed by atoms with Crippen molar-refractivity contribution in [2.45, 2.75) is 17.8 Å². The highest BCUT2D eigenvalue weighted by atomic mass is 79.9. The van der Waals surface area contributed by atoms with Gasteiger partial charge in [0.05, 0.1) is 10.3 Å². The van der Waals surface area contributed by atoms with Crippen LogP contribution in [0.5, 0.6) is 0 Å². The standard InChI is InChI=1S/C11H10BrN3/c12-8-5-6-15-10(13)7-3-1-2-4-9(7)14-11(8)15/h1-4,8,13H,5-6H2. The molecule has 0 amide bonds. The molecular formula is C11H10BrN3. The van der Waals surface area contributed by atoms with E-state index in [9.17, 15) is 0 Å². The Bertz CT molecular complexity index is 588. The number of hydrogen-bond donors (Lipinski definition) is 1. The highest BCUT2D eigenvalue weighted by Gasteiger charge is 2.22. The van der Waals surface area contributed by atoms with Crippen molar-refractivity contribution in [1.29, 1.82) is 5.41 Å². The van der Waals surface area contributed by atoms with Crippen LogP contribution in [0.4, 0.5) is 0 Å². The Kier molecular flexibility index (Phi) is 1.92. The minimum Gasteiger partial charge on any atom is -0.313 e. The summed E-state index contributed by atoms with van der Waals surface area (Å²) in [7, 11) is 0. The summed E-state index contributed by atoms with van der Waals surface area (Å²) in [6, 6.07) is 7.84. The Morgan fingerprint density at radius 3 is 3.07 bits per heavy atom. The molecule has 2 heterocycles. The van der Waals surface area contributed by atoms with Crippen LogP contribution < -0.4 is 5.49 Å². The Morgan fingerprint density at radius 2 is 2.20 bits per heavy atom. The number of para-hydroxylation sites is 1. The van der Waals surface area contributed by atoms with Crippen LogP contribution in [0.15, 0.2) is 24.3 Å². The number of fused-ring (bicyclic) bond motifs is 2. The summed E-state index contributed by atoms with van der Waals surface area (Å²) in [6.07, 6.45) is 1.02. The van der Waals surface area contributed by atoms with Gasteiger partial charge in [0.2, 0.25) is 0 Å². The fourth-order valence-electron chi connectivity index (χ4n) is 2.05. The summed E-state index contributed by atoms with van der Waals surface area (Å²) in [5.41, 5.74) is 1.50. The zero-order chi connectivity index (χ0) is 10.4. The summed E-state index contributed by atoms with van der Waals surface area (Å²) in [5.74, 6) is 0.985. The highest BCUT2D eigenvalue weighted by molar-refractivity contribution is 9.09. The molecule has 2 aromatic rings. The van der Waals surface area contributed by atoms with E-state index in [1.54, 1.807) is 0 Å². The Morgan fingerprint density at radius 1 is 1.40 bits per heavy atom. The maximum absolute atomic E-state index is 8.11. The molecule has 0 bridgehead atoms. The van der Waals surface area contributed by atoms with Gasteiger partial charge >= 0.3 is 0 Å². The van der Waals surface area contributed by atoms with Crippen molar-refractivity contribution < 1.29 is 0 Å². The molecule has 4 heteroatoms. The quantitative estimate of drug-likeness (QED) is 0.729. The van der Waals surface area contributed by atoms with Gasteiger partial charge in [0.1, 0.15) is 11.3 Å². The maximum Gasteiger partial charge on any atom is 0.135 e. The number of nitrogens with zero attached hydrogens (tertiary/aromatic N) is 2. The lowest BCUT2D eigenvalue weighted by Crippen LogP contribution is -2.21. The SMILES string of the molecule is N=c1c2ccccc2nc2n1CCC2Br. The summed E-state index contributed by atoms with van der Waals surface area (Å²) in [4.78, 5) is 4.89. The summed E-state index contributed by atoms with van der Waals surface area (Å²) in [6.45, 7) is 0.891. The number of aromatic nitrogens is 2. The molecule has 3 rings (SSSR count). The molecule has 1 N–H and O–H groups in total. The summed E-state index contributed by atoms with van der Waals surface area (Å²) < 4.78 is 1.99. The molecule has 15 heavy (non-hydrogen) atoms. The highest BCUT2D eigenvalue weighted by Crippen LogP contribution is 2.30. The molecular weight excluding hydrogens is 254 g/mol. The van der Waals surface area contributed by atoms with Crippen LogP contribution in [-0.4, -0.2) is 9.55 Å². The molecule has 1 aliphatic rings. The molecule has 1 aromatic heterocycles. The fourth-order valence-corrected chi connectivity index (χ4v) is 2.61. The molecule has 0 saturated heterocycles. The van der Waals surface area contributed by atoms with Crippen molar-refractivity contribution in [2.24, 2.45) is 0 Å². The van der Waals surface area contributed by atoms with Crippen LogP contribution in [0, 0.1) is 5.41 Å². The van der Waals surface area contributed by atoms with Gasteiger partial charge in [-0.2, -0.15) is 0 Å². The van der Waals surface area contributed by atoms with Gasteiger partial charge < -0.3 is 4.57 Å². The zero-order valence-electron chi connectivity index (χ0n) is 8.07. The maximum atomic E-state index is 8.11. The first kappa shape index (κ1) is 9.09. The summed E-state index contributed by atoms with van der Waals surface area (Å²) >= 11 is 3.59. The number of benzene rings is 1. The predicted molar refractivity (Wildman–Crippen MR) is 61.9 cm³/mol. The molecule has 0 saturated carbocycles. The minimum absolute atomic E-state index is 0.297. The molecule has 3 nitrogen and oxygen atoms in total. The molecule has 0 fully saturated rings. The van der Waals surface area contributed by atoms with E-state index in [-0.39, 0.29) is 0 Å². The Hall–Kier alpha value is -1.16. The van der Waals surface area contributed by atoms with Crippen molar-refractivity contribution in [2.75, 3.05) is 0 Å². The first-order valence-electron chi connectivity index (χ1n) is 4.95. The molecule has 0 radical (unpaired) electrons. The molecule has 1 aliphatic heterocycles. The largest absolute Gasteiger partial charge is 0.313 e. The second-order valence-electron chi connectivity index (χ2n) is 3.74. The van der Waals surface area contributed by atoms with Crippen molar-refractivity contribution in [3.8, 4) is 0 Å². The molecule has 1 unspecified atom stereocenters. The van der Waals surface area contributed by atoms with Crippen LogP contribution in [0.1, 0.15) is 17.1 Å². The van der Waals surface area contributed by atoms with Gasteiger partial charge in [-0.1, -0.05) is 28.1 Å². The molecule has 1 atom stereocenters. The van der Waals surface area contributed by atoms with E-state index < -0.39 is 0 Å². The van der Waals surface area contributed by atoms with E-state index in [0.29, 0.717) is 10.3 Å². The van der Waals surface area contributed by atoms with Gasteiger partial charge in [0.25, 0.3) is 0 Å². The van der Waals surface area contributed by atoms with Crippen LogP contribution in [0.25, 0.3) is 10.9 Å². The monoisotopic (exact) mass is 263 g/mol. The third kappa shape index (κ3) is 1.24. The van der Waals surface area contributed by atoms with Crippen molar-refractivity contribution in [1.82, 2.24) is 9.55 Å². The van der Waals surface area contributed by atoms with Gasteiger partial charge in [0, 0.05) is 11.9 Å². The Labute approximate surface area is 95.4 Å². The first-order valence-corrected chi connectivity index (χ1v) is 5.87. The van der Waals surface area contributed by atoms with Gasteiger partial charge in [0.15, 0.2) is 0 Å². The third-order valence-corrected chi connectivity index (χ3v) is 3.69. The molecule has 76 valence electrons. The second-order valence-corrected chi connectivity index (χ2v) is 4.85. The first-order chi connectivity index (χ1) is 7.27. The molecule has 0 spiro atoms. The van der Waals surface area contributed by atoms with Crippen molar-refractivity contribution >= 4 is 26.8 Å². The number of nitrogens with one attached hydrogen (secondary N) is 1. The second kappa shape index (κ2) is 3.17. The lowest BCUT2D eigenvalue weighted by atomic mass is 10.2. The van der Waals surface area contributed by atoms with E-state index in [0.717, 1.165) is 29.7 Å². The number of hydrogen-bond acceptors (Lipinski definition) is 2. The van der Waals surface area contributed by atoms with Crippen molar-refractivity contribution in [3.63, 3.8) is 0 Å². The van der Waals surface area contributed by atoms with Crippen LogP contribution in [-0.2, 0) is 6.54 Å². The lowest BCUT2D eigenvalue weighted by molar-refractivity contribution is 0.699. The van der Waals surface area contributed by atoms with E-state index in [2.05, 4.69) is 20.9 Å². The smallest absolute Gasteiger partial charge is 0.135 e. The minimum atomic E-state index is 0.297. The number of halogens is 1. The normalized spacial score (nSPS) is 19.4. The van der Waals surface area contributed by atoms with E-state index in [1.165, 1.54) is 0 Å². The van der Waals surface area contributed by atoms with Crippen LogP contribution in [0.2, 0.25) is 0 Å². The van der Waals surface area contributed by atoms with Gasteiger partial charge in [-0.3, -0.25) is 5.41 Å². The average molecular weight is 264 g/mol. The number of rotatable bonds is 0. The molecule has 0 aliphatic carbocycles. The van der Waals surface area contributed by atoms with E-state index in [1.807, 2.05) is 28.8 Å². The Balaban J connectivity index is 2.46. The van der Waals surface area contributed by atoms with Gasteiger partial charge in [-0.15, -0.1) is 0 Å². The van der Waals surface area contributed by atoms with Crippen LogP contribution >= 0.6 is 15.9 Å². The predicted octanol–water partition coefficient (Wildman–Crippen LogP) is 2.36. The molecule has 1 aromatic carbocycles. The van der Waals surface area contributed by atoms with Crippen molar-refractivity contribution in [3.05, 3.63) is 35.6 Å². The van der Waals surface area contributed by atoms with E-state index >= 15 is 0 Å².